The Bertz CT molecular complexity index is 763. The summed E-state index contributed by atoms with van der Waals surface area (Å²) in [7, 11) is 0. The quantitative estimate of drug-likeness (QED) is 0.805. The minimum Gasteiger partial charge on any atom is -0.398 e. The molecule has 1 aromatic carbocycles. The van der Waals surface area contributed by atoms with Crippen LogP contribution in [0.4, 0.5) is 5.69 Å². The van der Waals surface area contributed by atoms with Crippen LogP contribution in [0.2, 0.25) is 0 Å². The van der Waals surface area contributed by atoms with Gasteiger partial charge < -0.3 is 15.6 Å². The average molecular weight is 315 g/mol. The van der Waals surface area contributed by atoms with Crippen LogP contribution < -0.4 is 16.5 Å². The second kappa shape index (κ2) is 7.31. The van der Waals surface area contributed by atoms with Crippen LogP contribution in [0.1, 0.15) is 44.0 Å². The number of nitrogens with zero attached hydrogens (tertiary/aromatic N) is 1. The Morgan fingerprint density at radius 3 is 2.74 bits per heavy atom. The highest BCUT2D eigenvalue weighted by atomic mass is 16.2. The molecule has 0 aliphatic heterocycles. The zero-order chi connectivity index (χ0) is 17.0. The lowest BCUT2D eigenvalue weighted by Crippen LogP contribution is -2.30. The van der Waals surface area contributed by atoms with Gasteiger partial charge in [-0.1, -0.05) is 26.8 Å². The molecule has 0 aliphatic rings. The van der Waals surface area contributed by atoms with E-state index in [0.717, 1.165) is 24.9 Å². The van der Waals surface area contributed by atoms with E-state index < -0.39 is 0 Å². The van der Waals surface area contributed by atoms with Crippen molar-refractivity contribution in [3.8, 4) is 0 Å². The van der Waals surface area contributed by atoms with Crippen molar-refractivity contribution in [2.75, 3.05) is 12.3 Å². The molecule has 2 rings (SSSR count). The van der Waals surface area contributed by atoms with Crippen LogP contribution in [0.15, 0.2) is 29.2 Å². The Hall–Kier alpha value is -2.30. The lowest BCUT2D eigenvalue weighted by Gasteiger charge is -2.15. The van der Waals surface area contributed by atoms with Crippen LogP contribution in [0.3, 0.4) is 0 Å². The summed E-state index contributed by atoms with van der Waals surface area (Å²) in [5, 5.41) is 3.20. The number of rotatable bonds is 6. The molecule has 124 valence electrons. The van der Waals surface area contributed by atoms with Crippen LogP contribution in [0.25, 0.3) is 10.9 Å². The second-order valence-corrected chi connectivity index (χ2v) is 6.25. The third-order valence-corrected chi connectivity index (χ3v) is 3.87. The van der Waals surface area contributed by atoms with Gasteiger partial charge in [-0.2, -0.15) is 0 Å². The Labute approximate surface area is 136 Å². The van der Waals surface area contributed by atoms with E-state index in [1.165, 1.54) is 0 Å². The first kappa shape index (κ1) is 17.1. The number of nitrogen functional groups attached to an aromatic ring is 1. The first-order valence-electron chi connectivity index (χ1n) is 8.15. The topological polar surface area (TPSA) is 77.1 Å². The number of aryl methyl sites for hydroxylation is 1. The first-order chi connectivity index (χ1) is 11.0. The monoisotopic (exact) mass is 315 g/mol. The molecule has 0 spiro atoms. The molecule has 0 saturated heterocycles. The molecule has 0 aliphatic carbocycles. The van der Waals surface area contributed by atoms with Gasteiger partial charge in [-0.05, 0) is 30.9 Å². The van der Waals surface area contributed by atoms with E-state index in [0.29, 0.717) is 23.5 Å². The number of aromatic nitrogens is 1. The predicted octanol–water partition coefficient (Wildman–Crippen LogP) is 2.77. The number of hydrogen-bond acceptors (Lipinski definition) is 3. The van der Waals surface area contributed by atoms with Gasteiger partial charge in [-0.25, -0.2) is 0 Å². The van der Waals surface area contributed by atoms with Gasteiger partial charge in [0.1, 0.15) is 5.56 Å². The normalized spacial score (nSPS) is 11.1. The predicted molar refractivity (Wildman–Crippen MR) is 94.7 cm³/mol. The highest BCUT2D eigenvalue weighted by Crippen LogP contribution is 2.19. The van der Waals surface area contributed by atoms with Crippen LogP contribution in [-0.2, 0) is 6.54 Å². The van der Waals surface area contributed by atoms with Crippen molar-refractivity contribution in [3.63, 3.8) is 0 Å². The summed E-state index contributed by atoms with van der Waals surface area (Å²) >= 11 is 0. The summed E-state index contributed by atoms with van der Waals surface area (Å²) < 4.78 is 1.97. The van der Waals surface area contributed by atoms with Crippen molar-refractivity contribution in [1.82, 2.24) is 9.88 Å². The Kier molecular flexibility index (Phi) is 5.42. The van der Waals surface area contributed by atoms with Gasteiger partial charge >= 0.3 is 0 Å². The number of amides is 1. The van der Waals surface area contributed by atoms with Gasteiger partial charge in [0.25, 0.3) is 5.91 Å². The number of nitrogens with one attached hydrogen (secondary N) is 1. The molecular formula is C18H25N3O2. The molecule has 1 aromatic heterocycles. The van der Waals surface area contributed by atoms with Crippen LogP contribution in [0, 0.1) is 5.92 Å². The average Bonchev–Trinajstić information content (AvgIpc) is 2.51. The highest BCUT2D eigenvalue weighted by molar-refractivity contribution is 6.00. The molecular weight excluding hydrogens is 290 g/mol. The molecule has 0 radical (unpaired) electrons. The van der Waals surface area contributed by atoms with Crippen molar-refractivity contribution >= 4 is 22.5 Å². The number of pyridine rings is 1. The zero-order valence-corrected chi connectivity index (χ0v) is 14.1. The summed E-state index contributed by atoms with van der Waals surface area (Å²) in [4.78, 5) is 25.0. The highest BCUT2D eigenvalue weighted by Gasteiger charge is 2.16. The Balaban J connectivity index is 2.59. The molecule has 0 bridgehead atoms. The number of benzene rings is 1. The summed E-state index contributed by atoms with van der Waals surface area (Å²) in [6.45, 7) is 7.56. The molecule has 0 atom stereocenters. The van der Waals surface area contributed by atoms with Crippen LogP contribution in [-0.4, -0.2) is 17.0 Å². The van der Waals surface area contributed by atoms with E-state index >= 15 is 0 Å². The van der Waals surface area contributed by atoms with Gasteiger partial charge in [0.05, 0.1) is 10.9 Å². The van der Waals surface area contributed by atoms with Gasteiger partial charge in [0.15, 0.2) is 0 Å². The molecule has 0 saturated carbocycles. The third-order valence-electron chi connectivity index (χ3n) is 3.87. The molecule has 5 heteroatoms. The number of carbonyl (C=O) groups excluding carboxylic acids is 1. The fourth-order valence-corrected chi connectivity index (χ4v) is 2.54. The Morgan fingerprint density at radius 1 is 1.35 bits per heavy atom. The maximum absolute atomic E-state index is 12.7. The van der Waals surface area contributed by atoms with Crippen molar-refractivity contribution in [2.24, 2.45) is 5.92 Å². The molecule has 23 heavy (non-hydrogen) atoms. The number of carbonyl (C=O) groups is 1. The van der Waals surface area contributed by atoms with Gasteiger partial charge in [-0.15, -0.1) is 0 Å². The van der Waals surface area contributed by atoms with Gasteiger partial charge in [0.2, 0.25) is 5.43 Å². The van der Waals surface area contributed by atoms with E-state index in [1.807, 2.05) is 23.6 Å². The van der Waals surface area contributed by atoms with E-state index in [9.17, 15) is 9.59 Å². The summed E-state index contributed by atoms with van der Waals surface area (Å²) in [6.07, 6.45) is 3.45. The zero-order valence-electron chi connectivity index (χ0n) is 14.1. The smallest absolute Gasteiger partial charge is 0.256 e. The molecule has 0 unspecified atom stereocenters. The van der Waals surface area contributed by atoms with E-state index in [2.05, 4.69) is 19.2 Å². The minimum absolute atomic E-state index is 0.160. The molecule has 0 fully saturated rings. The standard InChI is InChI=1S/C18H25N3O2/c1-4-9-20-18(23)13-11-21(10-8-12(2)3)15-7-5-6-14(19)16(15)17(13)22/h5-7,11-12H,4,8-10,19H2,1-3H3,(H,20,23). The third kappa shape index (κ3) is 3.73. The summed E-state index contributed by atoms with van der Waals surface area (Å²) in [5.41, 5.74) is 7.06. The number of anilines is 1. The van der Waals surface area contributed by atoms with Crippen molar-refractivity contribution in [2.45, 2.75) is 40.2 Å². The SMILES string of the molecule is CCCNC(=O)c1cn(CCC(C)C)c2cccc(N)c2c1=O. The minimum atomic E-state index is -0.333. The number of nitrogens with two attached hydrogens (primary N) is 1. The summed E-state index contributed by atoms with van der Waals surface area (Å²) in [6, 6.07) is 5.41. The van der Waals surface area contributed by atoms with E-state index in [4.69, 9.17) is 5.73 Å². The molecule has 3 N–H and O–H groups in total. The van der Waals surface area contributed by atoms with Crippen molar-refractivity contribution in [3.05, 3.63) is 40.2 Å². The van der Waals surface area contributed by atoms with E-state index in [1.54, 1.807) is 12.3 Å². The fraction of sp³-hybridized carbons (Fsp3) is 0.444. The van der Waals surface area contributed by atoms with Gasteiger partial charge in [0, 0.05) is 25.0 Å². The van der Waals surface area contributed by atoms with Crippen LogP contribution >= 0.6 is 0 Å². The largest absolute Gasteiger partial charge is 0.398 e. The van der Waals surface area contributed by atoms with Crippen molar-refractivity contribution < 1.29 is 4.79 Å². The lowest BCUT2D eigenvalue weighted by atomic mass is 10.1. The fourth-order valence-electron chi connectivity index (χ4n) is 2.54. The first-order valence-corrected chi connectivity index (χ1v) is 8.15. The summed E-state index contributed by atoms with van der Waals surface area (Å²) in [5.74, 6) is 0.197. The Morgan fingerprint density at radius 2 is 2.09 bits per heavy atom. The lowest BCUT2D eigenvalue weighted by molar-refractivity contribution is 0.0952. The molecule has 1 heterocycles. The molecule has 2 aromatic rings. The van der Waals surface area contributed by atoms with Crippen molar-refractivity contribution in [1.29, 1.82) is 0 Å². The maximum Gasteiger partial charge on any atom is 0.256 e. The number of hydrogen-bond donors (Lipinski definition) is 2. The molecule has 1 amide bonds. The molecule has 5 nitrogen and oxygen atoms in total. The van der Waals surface area contributed by atoms with E-state index in [-0.39, 0.29) is 16.9 Å². The van der Waals surface area contributed by atoms with Gasteiger partial charge in [-0.3, -0.25) is 9.59 Å². The maximum atomic E-state index is 12.7. The number of fused-ring (bicyclic) bond motifs is 1. The van der Waals surface area contributed by atoms with Crippen LogP contribution in [0.5, 0.6) is 0 Å². The second-order valence-electron chi connectivity index (χ2n) is 6.25.